The molecule has 0 bridgehead atoms. The molecule has 0 radical (unpaired) electrons. The van der Waals surface area contributed by atoms with Crippen molar-refractivity contribution in [2.45, 2.75) is 25.7 Å². The number of hydrogen-bond donors (Lipinski definition) is 2. The Morgan fingerprint density at radius 1 is 1.11 bits per heavy atom. The highest BCUT2D eigenvalue weighted by atomic mass is 35.5. The smallest absolute Gasteiger partial charge is 0.345 e. The van der Waals surface area contributed by atoms with Gasteiger partial charge in [-0.15, -0.1) is 11.3 Å². The van der Waals surface area contributed by atoms with Crippen LogP contribution in [0.1, 0.15) is 44.8 Å². The molecule has 1 aliphatic rings. The third-order valence-corrected chi connectivity index (χ3v) is 7.12. The zero-order chi connectivity index (χ0) is 26.4. The third-order valence-electron chi connectivity index (χ3n) is 5.58. The van der Waals surface area contributed by atoms with Gasteiger partial charge in [0, 0.05) is 4.88 Å². The van der Waals surface area contributed by atoms with E-state index in [1.807, 2.05) is 0 Å². The second-order valence-corrected chi connectivity index (χ2v) is 9.47. The molecule has 2 amide bonds. The van der Waals surface area contributed by atoms with Gasteiger partial charge in [0.2, 0.25) is 0 Å². The monoisotopic (exact) mass is 536 g/mol. The Morgan fingerprint density at radius 2 is 1.89 bits per heavy atom. The van der Waals surface area contributed by atoms with Crippen LogP contribution in [0.5, 0.6) is 11.5 Å². The number of thiophene rings is 1. The van der Waals surface area contributed by atoms with E-state index in [0.29, 0.717) is 16.1 Å². The standard InChI is InChI=1S/C26H21ClN4O5S/c1-35-21-12-15(10-11-20(21)36-26(34)17-7-2-4-8-19(17)27)14-29-31-24(33)23(32)30-25-18(13-28)16-6-3-5-9-22(16)37-25/h2,4,7-8,10-12,14H,3,5-6,9H2,1H3,(H,30,32)(H,31,33)/b29-14-. The first-order valence-electron chi connectivity index (χ1n) is 11.2. The summed E-state index contributed by atoms with van der Waals surface area (Å²) in [5.41, 5.74) is 4.26. The fourth-order valence-corrected chi connectivity index (χ4v) is 5.23. The first-order chi connectivity index (χ1) is 17.9. The molecule has 0 aliphatic heterocycles. The lowest BCUT2D eigenvalue weighted by molar-refractivity contribution is -0.136. The number of carbonyl (C=O) groups is 3. The van der Waals surface area contributed by atoms with Gasteiger partial charge in [-0.2, -0.15) is 10.4 Å². The number of methoxy groups -OCH3 is 1. The van der Waals surface area contributed by atoms with Gasteiger partial charge in [0.15, 0.2) is 11.5 Å². The van der Waals surface area contributed by atoms with Gasteiger partial charge in [0.1, 0.15) is 11.1 Å². The summed E-state index contributed by atoms with van der Waals surface area (Å²) < 4.78 is 10.7. The van der Waals surface area contributed by atoms with Gasteiger partial charge in [-0.1, -0.05) is 23.7 Å². The van der Waals surface area contributed by atoms with Crippen molar-refractivity contribution in [2.75, 3.05) is 12.4 Å². The van der Waals surface area contributed by atoms with Crippen molar-refractivity contribution in [3.63, 3.8) is 0 Å². The summed E-state index contributed by atoms with van der Waals surface area (Å²) in [5.74, 6) is -2.13. The van der Waals surface area contributed by atoms with Crippen LogP contribution >= 0.6 is 22.9 Å². The molecule has 1 aromatic heterocycles. The van der Waals surface area contributed by atoms with Crippen LogP contribution in [0.25, 0.3) is 0 Å². The van der Waals surface area contributed by atoms with Crippen LogP contribution < -0.4 is 20.2 Å². The minimum absolute atomic E-state index is 0.167. The van der Waals surface area contributed by atoms with E-state index in [2.05, 4.69) is 21.9 Å². The number of halogens is 1. The van der Waals surface area contributed by atoms with Gasteiger partial charge in [-0.05, 0) is 67.1 Å². The molecule has 11 heteroatoms. The Hall–Kier alpha value is -4.20. The fourth-order valence-electron chi connectivity index (χ4n) is 3.78. The van der Waals surface area contributed by atoms with Gasteiger partial charge < -0.3 is 14.8 Å². The van der Waals surface area contributed by atoms with Crippen LogP contribution in [0.4, 0.5) is 5.00 Å². The molecule has 188 valence electrons. The number of esters is 1. The number of anilines is 1. The molecule has 3 aromatic rings. The normalized spacial score (nSPS) is 12.4. The molecule has 2 N–H and O–H groups in total. The maximum absolute atomic E-state index is 12.4. The predicted octanol–water partition coefficient (Wildman–Crippen LogP) is 4.47. The molecule has 2 aromatic carbocycles. The maximum atomic E-state index is 12.4. The van der Waals surface area contributed by atoms with Crippen LogP contribution in [0, 0.1) is 11.3 Å². The SMILES string of the molecule is COc1cc(/C=N\NC(=O)C(=O)Nc2sc3c(c2C#N)CCCC3)ccc1OC(=O)c1ccccc1Cl. The highest BCUT2D eigenvalue weighted by molar-refractivity contribution is 7.16. The van der Waals surface area contributed by atoms with Crippen molar-refractivity contribution in [1.82, 2.24) is 5.43 Å². The van der Waals surface area contributed by atoms with E-state index in [-0.39, 0.29) is 22.1 Å². The van der Waals surface area contributed by atoms with Crippen molar-refractivity contribution >= 4 is 51.9 Å². The summed E-state index contributed by atoms with van der Waals surface area (Å²) in [7, 11) is 1.41. The molecule has 37 heavy (non-hydrogen) atoms. The average molecular weight is 537 g/mol. The fraction of sp³-hybridized carbons (Fsp3) is 0.192. The first kappa shape index (κ1) is 25.9. The molecule has 0 atom stereocenters. The maximum Gasteiger partial charge on any atom is 0.345 e. The number of ether oxygens (including phenoxy) is 2. The van der Waals surface area contributed by atoms with Crippen molar-refractivity contribution in [2.24, 2.45) is 5.10 Å². The lowest BCUT2D eigenvalue weighted by Gasteiger charge is -2.10. The molecule has 0 unspecified atom stereocenters. The summed E-state index contributed by atoms with van der Waals surface area (Å²) in [4.78, 5) is 38.1. The summed E-state index contributed by atoms with van der Waals surface area (Å²) in [6.07, 6.45) is 5.00. The second-order valence-electron chi connectivity index (χ2n) is 7.96. The Morgan fingerprint density at radius 3 is 2.65 bits per heavy atom. The summed E-state index contributed by atoms with van der Waals surface area (Å²) in [6, 6.07) is 13.3. The Bertz CT molecular complexity index is 1440. The number of fused-ring (bicyclic) bond motifs is 1. The predicted molar refractivity (Wildman–Crippen MR) is 139 cm³/mol. The van der Waals surface area contributed by atoms with Gasteiger partial charge in [0.25, 0.3) is 0 Å². The summed E-state index contributed by atoms with van der Waals surface area (Å²) >= 11 is 7.38. The molecule has 0 spiro atoms. The number of amides is 2. The van der Waals surface area contributed by atoms with Gasteiger partial charge in [0.05, 0.1) is 29.5 Å². The number of nitrogens with one attached hydrogen (secondary N) is 2. The molecule has 0 fully saturated rings. The Labute approximate surface area is 221 Å². The van der Waals surface area contributed by atoms with Crippen LogP contribution in [0.15, 0.2) is 47.6 Å². The van der Waals surface area contributed by atoms with E-state index >= 15 is 0 Å². The highest BCUT2D eigenvalue weighted by Crippen LogP contribution is 2.37. The molecule has 0 saturated carbocycles. The zero-order valence-electron chi connectivity index (χ0n) is 19.7. The van der Waals surface area contributed by atoms with E-state index in [0.717, 1.165) is 36.1 Å². The Balaban J connectivity index is 1.38. The summed E-state index contributed by atoms with van der Waals surface area (Å²) in [6.45, 7) is 0. The number of hydrazone groups is 1. The number of nitriles is 1. The molecule has 1 aliphatic carbocycles. The van der Waals surface area contributed by atoms with E-state index < -0.39 is 17.8 Å². The number of carbonyl (C=O) groups excluding carboxylic acids is 3. The van der Waals surface area contributed by atoms with Crippen molar-refractivity contribution in [3.05, 3.63) is 74.6 Å². The topological polar surface area (TPSA) is 130 Å². The van der Waals surface area contributed by atoms with E-state index in [9.17, 15) is 19.6 Å². The van der Waals surface area contributed by atoms with E-state index in [4.69, 9.17) is 21.1 Å². The molecular formula is C26H21ClN4O5S. The van der Waals surface area contributed by atoms with Crippen LogP contribution in [0.2, 0.25) is 5.02 Å². The molecule has 1 heterocycles. The van der Waals surface area contributed by atoms with Crippen molar-refractivity contribution < 1.29 is 23.9 Å². The quantitative estimate of drug-likeness (QED) is 0.157. The van der Waals surface area contributed by atoms with E-state index in [1.165, 1.54) is 30.7 Å². The second kappa shape index (κ2) is 11.7. The first-order valence-corrected chi connectivity index (χ1v) is 12.4. The molecule has 0 saturated heterocycles. The van der Waals surface area contributed by atoms with Crippen LogP contribution in [-0.4, -0.2) is 31.1 Å². The number of nitrogens with zero attached hydrogens (tertiary/aromatic N) is 2. The highest BCUT2D eigenvalue weighted by Gasteiger charge is 2.23. The van der Waals surface area contributed by atoms with Crippen LogP contribution in [0.3, 0.4) is 0 Å². The number of aryl methyl sites for hydroxylation is 1. The van der Waals surface area contributed by atoms with Crippen molar-refractivity contribution in [3.8, 4) is 17.6 Å². The lowest BCUT2D eigenvalue weighted by atomic mass is 9.96. The average Bonchev–Trinajstić information content (AvgIpc) is 3.26. The number of benzene rings is 2. The van der Waals surface area contributed by atoms with E-state index in [1.54, 1.807) is 36.4 Å². The van der Waals surface area contributed by atoms with Crippen LogP contribution in [-0.2, 0) is 22.4 Å². The molecular weight excluding hydrogens is 516 g/mol. The zero-order valence-corrected chi connectivity index (χ0v) is 21.2. The lowest BCUT2D eigenvalue weighted by Crippen LogP contribution is -2.32. The molecule has 4 rings (SSSR count). The van der Waals surface area contributed by atoms with Gasteiger partial charge in [-0.3, -0.25) is 9.59 Å². The number of rotatable bonds is 6. The Kier molecular flexibility index (Phi) is 8.18. The number of hydrogen-bond acceptors (Lipinski definition) is 8. The summed E-state index contributed by atoms with van der Waals surface area (Å²) in [5, 5.41) is 16.5. The van der Waals surface area contributed by atoms with Gasteiger partial charge in [-0.25, -0.2) is 10.2 Å². The minimum atomic E-state index is -0.983. The minimum Gasteiger partial charge on any atom is -0.493 e. The third kappa shape index (κ3) is 5.97. The largest absolute Gasteiger partial charge is 0.493 e. The molecule has 9 nitrogen and oxygen atoms in total. The van der Waals surface area contributed by atoms with Gasteiger partial charge >= 0.3 is 17.8 Å². The van der Waals surface area contributed by atoms with Crippen molar-refractivity contribution in [1.29, 1.82) is 5.26 Å².